The van der Waals surface area contributed by atoms with Gasteiger partial charge >= 0.3 is 0 Å². The summed E-state index contributed by atoms with van der Waals surface area (Å²) in [7, 11) is -0.566. The van der Waals surface area contributed by atoms with Gasteiger partial charge in [0.15, 0.2) is 0 Å². The van der Waals surface area contributed by atoms with Crippen LogP contribution in [0.25, 0.3) is 0 Å². The van der Waals surface area contributed by atoms with Gasteiger partial charge in [0.05, 0.1) is 13.2 Å². The van der Waals surface area contributed by atoms with Crippen molar-refractivity contribution >= 4 is 26.6 Å². The molecule has 0 aromatic heterocycles. The van der Waals surface area contributed by atoms with Crippen LogP contribution in [0.15, 0.2) is 0 Å². The van der Waals surface area contributed by atoms with Crippen LogP contribution in [-0.4, -0.2) is 55.6 Å². The molecule has 0 spiro atoms. The molecule has 10 heteroatoms. The first-order chi connectivity index (χ1) is 9.24. The molecule has 0 rings (SSSR count). The molecule has 0 aliphatic carbocycles. The highest BCUT2D eigenvalue weighted by Crippen LogP contribution is 2.35. The lowest BCUT2D eigenvalue weighted by molar-refractivity contribution is -0.128. The van der Waals surface area contributed by atoms with Crippen LogP contribution < -0.4 is 16.4 Å². The molecule has 0 unspecified atom stereocenters. The number of rotatable bonds is 13. The molecule has 0 aromatic carbocycles. The third-order valence-electron chi connectivity index (χ3n) is 2.06. The highest BCUT2D eigenvalue weighted by molar-refractivity contribution is 7.57. The third-order valence-corrected chi connectivity index (χ3v) is 4.55. The largest absolute Gasteiger partial charge is 0.289 e. The Morgan fingerprint density at radius 1 is 1.05 bits per heavy atom. The molecule has 0 aliphatic heterocycles. The first-order valence-corrected chi connectivity index (χ1v) is 7.41. The predicted octanol–water partition coefficient (Wildman–Crippen LogP) is -1.28. The predicted molar refractivity (Wildman–Crippen MR) is 66.4 cm³/mol. The molecule has 0 saturated heterocycles. The van der Waals surface area contributed by atoms with Gasteiger partial charge in [-0.05, 0) is 18.5 Å². The topological polar surface area (TPSA) is 126 Å². The summed E-state index contributed by atoms with van der Waals surface area (Å²) < 4.78 is 0. The van der Waals surface area contributed by atoms with E-state index < -0.39 is 13.8 Å². The molecule has 9 nitrogen and oxygen atoms in total. The first kappa shape index (κ1) is 17.7. The quantitative estimate of drug-likeness (QED) is 0.110. The van der Waals surface area contributed by atoms with Crippen LogP contribution in [0, 0.1) is 0 Å². The Hall–Kier alpha value is -1.28. The molecule has 0 heterocycles. The van der Waals surface area contributed by atoms with Crippen LogP contribution in [0.5, 0.6) is 0 Å². The van der Waals surface area contributed by atoms with E-state index in [2.05, 4.69) is 11.0 Å². The van der Waals surface area contributed by atoms with Gasteiger partial charge in [0.1, 0.15) is 0 Å². The zero-order chi connectivity index (χ0) is 14.3. The Morgan fingerprint density at radius 3 is 2.00 bits per heavy atom. The molecule has 0 aromatic rings. The Kier molecular flexibility index (Phi) is 12.3. The minimum Gasteiger partial charge on any atom is -0.289 e. The fourth-order valence-corrected chi connectivity index (χ4v) is 3.08. The van der Waals surface area contributed by atoms with Crippen molar-refractivity contribution in [1.82, 2.24) is 16.4 Å². The van der Waals surface area contributed by atoms with E-state index in [4.69, 9.17) is 14.9 Å². The van der Waals surface area contributed by atoms with E-state index in [1.807, 2.05) is 0 Å². The van der Waals surface area contributed by atoms with Crippen molar-refractivity contribution in [3.8, 4) is 0 Å². The molecule has 0 atom stereocenters. The van der Waals surface area contributed by atoms with Crippen molar-refractivity contribution in [1.29, 1.82) is 0 Å². The SMILES string of the molecule is O=CNOCCP(CCONC=O)CCC(=O)NO. The summed E-state index contributed by atoms with van der Waals surface area (Å²) in [6, 6.07) is 0. The number of amides is 3. The molecule has 3 amide bonds. The minimum atomic E-state index is -0.566. The highest BCUT2D eigenvalue weighted by atomic mass is 31.1. The van der Waals surface area contributed by atoms with Gasteiger partial charge in [-0.1, -0.05) is 0 Å². The number of hydrogen-bond donors (Lipinski definition) is 4. The van der Waals surface area contributed by atoms with Crippen molar-refractivity contribution < 1.29 is 29.3 Å². The minimum absolute atomic E-state index is 0.199. The van der Waals surface area contributed by atoms with Gasteiger partial charge in [0, 0.05) is 6.42 Å². The summed E-state index contributed by atoms with van der Waals surface area (Å²) in [4.78, 5) is 40.5. The van der Waals surface area contributed by atoms with Crippen molar-refractivity contribution in [2.45, 2.75) is 6.42 Å². The standard InChI is InChI=1S/C9H18N3O6P/c13-7-10-17-2-5-19(4-1-9(15)12-16)6-3-18-11-8-14/h7-8,16H,1-6H2,(H,10,13)(H,11,14)(H,12,15). The van der Waals surface area contributed by atoms with Crippen LogP contribution in [0.4, 0.5) is 0 Å². The Morgan fingerprint density at radius 2 is 1.58 bits per heavy atom. The lowest BCUT2D eigenvalue weighted by Crippen LogP contribution is -2.21. The van der Waals surface area contributed by atoms with E-state index in [9.17, 15) is 14.4 Å². The van der Waals surface area contributed by atoms with E-state index in [1.165, 1.54) is 0 Å². The van der Waals surface area contributed by atoms with E-state index in [-0.39, 0.29) is 6.42 Å². The summed E-state index contributed by atoms with van der Waals surface area (Å²) in [5, 5.41) is 8.40. The molecule has 0 fully saturated rings. The van der Waals surface area contributed by atoms with Crippen LogP contribution in [-0.2, 0) is 24.1 Å². The fraction of sp³-hybridized carbons (Fsp3) is 0.667. The van der Waals surface area contributed by atoms with Crippen molar-refractivity contribution in [3.05, 3.63) is 0 Å². The van der Waals surface area contributed by atoms with Crippen LogP contribution in [0.2, 0.25) is 0 Å². The third kappa shape index (κ3) is 11.5. The Balaban J connectivity index is 3.87. The maximum absolute atomic E-state index is 10.9. The number of carbonyl (C=O) groups excluding carboxylic acids is 3. The summed E-state index contributed by atoms with van der Waals surface area (Å²) in [5.41, 5.74) is 5.72. The van der Waals surface area contributed by atoms with Crippen LogP contribution in [0.3, 0.4) is 0 Å². The summed E-state index contributed by atoms with van der Waals surface area (Å²) in [6.07, 6.45) is 2.98. The molecular formula is C9H18N3O6P. The molecule has 0 saturated carbocycles. The van der Waals surface area contributed by atoms with Gasteiger partial charge < -0.3 is 0 Å². The van der Waals surface area contributed by atoms with Crippen molar-refractivity contribution in [2.24, 2.45) is 0 Å². The zero-order valence-electron chi connectivity index (χ0n) is 10.3. The lowest BCUT2D eigenvalue weighted by atomic mass is 10.5. The monoisotopic (exact) mass is 295 g/mol. The van der Waals surface area contributed by atoms with Gasteiger partial charge in [0.2, 0.25) is 18.7 Å². The fourth-order valence-electron chi connectivity index (χ4n) is 1.19. The molecule has 4 N–H and O–H groups in total. The first-order valence-electron chi connectivity index (χ1n) is 5.51. The highest BCUT2D eigenvalue weighted by Gasteiger charge is 2.11. The maximum atomic E-state index is 10.9. The van der Waals surface area contributed by atoms with Gasteiger partial charge in [-0.3, -0.25) is 29.3 Å². The maximum Gasteiger partial charge on any atom is 0.243 e. The zero-order valence-corrected chi connectivity index (χ0v) is 11.2. The number of carbonyl (C=O) groups is 3. The Labute approximate surface area is 111 Å². The summed E-state index contributed by atoms with van der Waals surface area (Å²) in [6.45, 7) is 0.651. The number of hydroxylamine groups is 3. The molecule has 0 radical (unpaired) electrons. The van der Waals surface area contributed by atoms with E-state index in [0.29, 0.717) is 44.5 Å². The van der Waals surface area contributed by atoms with Gasteiger partial charge in [0.25, 0.3) is 0 Å². The van der Waals surface area contributed by atoms with E-state index in [0.717, 1.165) is 0 Å². The van der Waals surface area contributed by atoms with Gasteiger partial charge in [-0.2, -0.15) is 0 Å². The average Bonchev–Trinajstić information content (AvgIpc) is 2.44. The van der Waals surface area contributed by atoms with Crippen LogP contribution in [0.1, 0.15) is 6.42 Å². The van der Waals surface area contributed by atoms with Crippen molar-refractivity contribution in [2.75, 3.05) is 31.7 Å². The molecule has 0 bridgehead atoms. The number of nitrogens with one attached hydrogen (secondary N) is 3. The smallest absolute Gasteiger partial charge is 0.243 e. The molecule has 19 heavy (non-hydrogen) atoms. The van der Waals surface area contributed by atoms with E-state index in [1.54, 1.807) is 5.48 Å². The van der Waals surface area contributed by atoms with Crippen LogP contribution >= 0.6 is 7.92 Å². The second-order valence-corrected chi connectivity index (χ2v) is 5.98. The summed E-state index contributed by atoms with van der Waals surface area (Å²) >= 11 is 0. The summed E-state index contributed by atoms with van der Waals surface area (Å²) in [5.74, 6) is -0.452. The second-order valence-electron chi connectivity index (χ2n) is 3.29. The van der Waals surface area contributed by atoms with Gasteiger partial charge in [-0.15, -0.1) is 7.92 Å². The average molecular weight is 295 g/mol. The molecule has 110 valence electrons. The molecule has 0 aliphatic rings. The molecular weight excluding hydrogens is 277 g/mol. The lowest BCUT2D eigenvalue weighted by Gasteiger charge is -2.16. The van der Waals surface area contributed by atoms with Crippen molar-refractivity contribution in [3.63, 3.8) is 0 Å². The van der Waals surface area contributed by atoms with E-state index >= 15 is 0 Å². The normalized spacial score (nSPS) is 10.0. The number of hydrogen-bond acceptors (Lipinski definition) is 6. The Bertz CT molecular complexity index is 252. The van der Waals surface area contributed by atoms with Gasteiger partial charge in [-0.25, -0.2) is 16.4 Å². The second kappa shape index (κ2) is 13.2.